The van der Waals surface area contributed by atoms with Crippen LogP contribution in [0.4, 0.5) is 0 Å². The van der Waals surface area contributed by atoms with Crippen molar-refractivity contribution in [3.05, 3.63) is 25.3 Å². The van der Waals surface area contributed by atoms with Crippen molar-refractivity contribution in [1.29, 1.82) is 0 Å². The van der Waals surface area contributed by atoms with E-state index in [1.165, 1.54) is 12.2 Å². The molecule has 2 heterocycles. The Hall–Kier alpha value is -0.760. The van der Waals surface area contributed by atoms with Gasteiger partial charge in [-0.15, -0.1) is 13.2 Å². The SMILES string of the molecule is C=CC[C@H](O)[C@]1([C@H](O)C=C)O[C@@H]2OC(C)(C)O[C@@H]2[C@@H]1O. The van der Waals surface area contributed by atoms with Gasteiger partial charge in [-0.2, -0.15) is 0 Å². The fourth-order valence-corrected chi connectivity index (χ4v) is 2.83. The van der Waals surface area contributed by atoms with E-state index in [4.69, 9.17) is 14.2 Å². The zero-order chi connectivity index (χ0) is 15.1. The first kappa shape index (κ1) is 15.6. The number of aliphatic hydroxyl groups is 3. The topological polar surface area (TPSA) is 88.4 Å². The molecule has 20 heavy (non-hydrogen) atoms. The Labute approximate surface area is 118 Å². The van der Waals surface area contributed by atoms with Gasteiger partial charge in [-0.1, -0.05) is 12.2 Å². The molecule has 0 aliphatic carbocycles. The van der Waals surface area contributed by atoms with Crippen LogP contribution in [0.5, 0.6) is 0 Å². The van der Waals surface area contributed by atoms with Crippen LogP contribution in [-0.4, -0.2) is 57.4 Å². The van der Waals surface area contributed by atoms with Gasteiger partial charge in [0.1, 0.15) is 18.3 Å². The van der Waals surface area contributed by atoms with Crippen LogP contribution in [-0.2, 0) is 14.2 Å². The van der Waals surface area contributed by atoms with Gasteiger partial charge >= 0.3 is 0 Å². The van der Waals surface area contributed by atoms with Gasteiger partial charge < -0.3 is 29.5 Å². The highest BCUT2D eigenvalue weighted by molar-refractivity contribution is 5.14. The summed E-state index contributed by atoms with van der Waals surface area (Å²) in [5.41, 5.74) is -1.64. The second kappa shape index (κ2) is 5.22. The zero-order valence-corrected chi connectivity index (χ0v) is 11.7. The van der Waals surface area contributed by atoms with Gasteiger partial charge in [0.25, 0.3) is 0 Å². The lowest BCUT2D eigenvalue weighted by atomic mass is 9.82. The Balaban J connectivity index is 2.32. The maximum atomic E-state index is 10.5. The minimum Gasteiger partial charge on any atom is -0.390 e. The van der Waals surface area contributed by atoms with Gasteiger partial charge in [-0.05, 0) is 20.3 Å². The molecular weight excluding hydrogens is 264 g/mol. The Morgan fingerprint density at radius 1 is 1.20 bits per heavy atom. The van der Waals surface area contributed by atoms with Crippen LogP contribution in [0.3, 0.4) is 0 Å². The average molecular weight is 286 g/mol. The quantitative estimate of drug-likeness (QED) is 0.620. The molecule has 2 aliphatic heterocycles. The van der Waals surface area contributed by atoms with Crippen molar-refractivity contribution in [3.8, 4) is 0 Å². The molecule has 2 fully saturated rings. The third-order valence-corrected chi connectivity index (χ3v) is 3.78. The van der Waals surface area contributed by atoms with E-state index in [1.807, 2.05) is 0 Å². The van der Waals surface area contributed by atoms with Gasteiger partial charge in [0.2, 0.25) is 0 Å². The van der Waals surface area contributed by atoms with Crippen LogP contribution in [0.25, 0.3) is 0 Å². The van der Waals surface area contributed by atoms with Gasteiger partial charge in [-0.25, -0.2) is 0 Å². The summed E-state index contributed by atoms with van der Waals surface area (Å²) in [4.78, 5) is 0. The van der Waals surface area contributed by atoms with Gasteiger partial charge in [0, 0.05) is 0 Å². The molecule has 0 spiro atoms. The summed E-state index contributed by atoms with van der Waals surface area (Å²) in [7, 11) is 0. The number of ether oxygens (including phenoxy) is 3. The van der Waals surface area contributed by atoms with Crippen molar-refractivity contribution in [1.82, 2.24) is 0 Å². The lowest BCUT2D eigenvalue weighted by molar-refractivity contribution is -0.274. The minimum absolute atomic E-state index is 0.144. The largest absolute Gasteiger partial charge is 0.390 e. The lowest BCUT2D eigenvalue weighted by Crippen LogP contribution is -2.60. The number of hydrogen-bond donors (Lipinski definition) is 3. The summed E-state index contributed by atoms with van der Waals surface area (Å²) in [6, 6.07) is 0. The fourth-order valence-electron chi connectivity index (χ4n) is 2.83. The normalized spacial score (nSPS) is 42.0. The predicted molar refractivity (Wildman–Crippen MR) is 70.7 cm³/mol. The molecule has 0 radical (unpaired) electrons. The Bertz CT molecular complexity index is 395. The van der Waals surface area contributed by atoms with Crippen LogP contribution in [0.1, 0.15) is 20.3 Å². The van der Waals surface area contributed by atoms with Crippen LogP contribution in [0, 0.1) is 0 Å². The summed E-state index contributed by atoms with van der Waals surface area (Å²) in [5.74, 6) is -0.884. The maximum Gasteiger partial charge on any atom is 0.190 e. The Kier molecular flexibility index (Phi) is 4.07. The van der Waals surface area contributed by atoms with E-state index >= 15 is 0 Å². The van der Waals surface area contributed by atoms with E-state index in [1.54, 1.807) is 13.8 Å². The molecule has 3 N–H and O–H groups in total. The van der Waals surface area contributed by atoms with Crippen LogP contribution in [0.15, 0.2) is 25.3 Å². The highest BCUT2D eigenvalue weighted by Crippen LogP contribution is 2.46. The standard InChI is InChI=1S/C14H22O6/c1-5-7-9(16)14(8(15)6-2)11(17)10-12(20-14)19-13(3,4)18-10/h5-6,8-12,15-17H,1-2,7H2,3-4H3/t8-,9+,10-,11+,12+,14+/m1/s1. The molecule has 2 aliphatic rings. The molecule has 0 aromatic rings. The predicted octanol–water partition coefficient (Wildman–Crippen LogP) is 0.0778. The second-order valence-electron chi connectivity index (χ2n) is 5.61. The van der Waals surface area contributed by atoms with Gasteiger partial charge in [0.15, 0.2) is 17.7 Å². The molecule has 6 heteroatoms. The number of aliphatic hydroxyl groups excluding tert-OH is 3. The van der Waals surface area contributed by atoms with E-state index in [2.05, 4.69) is 13.2 Å². The van der Waals surface area contributed by atoms with Crippen LogP contribution >= 0.6 is 0 Å². The van der Waals surface area contributed by atoms with Crippen molar-refractivity contribution in [2.45, 2.75) is 62.4 Å². The molecule has 0 amide bonds. The average Bonchev–Trinajstić information content (AvgIpc) is 2.81. The summed E-state index contributed by atoms with van der Waals surface area (Å²) >= 11 is 0. The molecule has 6 nitrogen and oxygen atoms in total. The van der Waals surface area contributed by atoms with Crippen LogP contribution in [0.2, 0.25) is 0 Å². The lowest BCUT2D eigenvalue weighted by Gasteiger charge is -2.40. The number of rotatable bonds is 5. The molecule has 0 unspecified atom stereocenters. The van der Waals surface area contributed by atoms with Crippen molar-refractivity contribution in [2.75, 3.05) is 0 Å². The smallest absolute Gasteiger partial charge is 0.190 e. The van der Waals surface area contributed by atoms with E-state index in [9.17, 15) is 15.3 Å². The third kappa shape index (κ3) is 2.22. The molecule has 0 bridgehead atoms. The fraction of sp³-hybridized carbons (Fsp3) is 0.714. The first-order valence-electron chi connectivity index (χ1n) is 6.59. The van der Waals surface area contributed by atoms with Crippen molar-refractivity contribution >= 4 is 0 Å². The maximum absolute atomic E-state index is 10.5. The molecule has 6 atom stereocenters. The monoisotopic (exact) mass is 286 g/mol. The van der Waals surface area contributed by atoms with Crippen molar-refractivity contribution in [2.24, 2.45) is 0 Å². The van der Waals surface area contributed by atoms with Gasteiger partial charge in [0.05, 0.1) is 6.10 Å². The van der Waals surface area contributed by atoms with E-state index in [0.29, 0.717) is 0 Å². The number of fused-ring (bicyclic) bond motifs is 1. The Morgan fingerprint density at radius 2 is 1.85 bits per heavy atom. The van der Waals surface area contributed by atoms with Crippen LogP contribution < -0.4 is 0 Å². The summed E-state index contributed by atoms with van der Waals surface area (Å²) in [6.07, 6.45) is -2.48. The Morgan fingerprint density at radius 3 is 2.35 bits per heavy atom. The summed E-state index contributed by atoms with van der Waals surface area (Å²) in [5, 5.41) is 30.9. The highest BCUT2D eigenvalue weighted by atomic mass is 16.8. The molecular formula is C14H22O6. The molecule has 0 aromatic carbocycles. The van der Waals surface area contributed by atoms with Crippen molar-refractivity contribution < 1.29 is 29.5 Å². The van der Waals surface area contributed by atoms with E-state index in [-0.39, 0.29) is 6.42 Å². The summed E-state index contributed by atoms with van der Waals surface area (Å²) < 4.78 is 16.8. The molecule has 2 rings (SSSR count). The van der Waals surface area contributed by atoms with Gasteiger partial charge in [-0.3, -0.25) is 0 Å². The van der Waals surface area contributed by atoms with E-state index in [0.717, 1.165) is 0 Å². The number of hydrogen-bond acceptors (Lipinski definition) is 6. The molecule has 2 saturated heterocycles. The van der Waals surface area contributed by atoms with E-state index < -0.39 is 42.1 Å². The molecule has 0 aromatic heterocycles. The molecule has 0 saturated carbocycles. The zero-order valence-electron chi connectivity index (χ0n) is 11.7. The summed E-state index contributed by atoms with van der Waals surface area (Å²) in [6.45, 7) is 10.4. The minimum atomic E-state index is -1.64. The van der Waals surface area contributed by atoms with Crippen molar-refractivity contribution in [3.63, 3.8) is 0 Å². The molecule has 114 valence electrons. The second-order valence-corrected chi connectivity index (χ2v) is 5.61. The highest BCUT2D eigenvalue weighted by Gasteiger charge is 2.66. The third-order valence-electron chi connectivity index (χ3n) is 3.78. The first-order valence-corrected chi connectivity index (χ1v) is 6.59. The first-order chi connectivity index (χ1) is 9.28.